The van der Waals surface area contributed by atoms with Crippen LogP contribution >= 0.6 is 8.03 Å². The number of carbonyl (C=O) groups is 2. The summed E-state index contributed by atoms with van der Waals surface area (Å²) in [5.41, 5.74) is 0.298. The van der Waals surface area contributed by atoms with E-state index >= 15 is 0 Å². The van der Waals surface area contributed by atoms with Crippen molar-refractivity contribution in [2.75, 3.05) is 26.5 Å². The molecule has 0 saturated carbocycles. The van der Waals surface area contributed by atoms with Crippen molar-refractivity contribution in [3.63, 3.8) is 0 Å². The molecule has 2 amide bonds. The van der Waals surface area contributed by atoms with Crippen molar-refractivity contribution >= 4 is 20.0 Å². The van der Waals surface area contributed by atoms with Crippen molar-refractivity contribution in [2.24, 2.45) is 0 Å². The Hall–Kier alpha value is -1.46. The highest BCUT2D eigenvalue weighted by Crippen LogP contribution is 2.16. The van der Waals surface area contributed by atoms with Gasteiger partial charge in [-0.05, 0) is 11.5 Å². The van der Waals surface area contributed by atoms with Gasteiger partial charge in [-0.1, -0.05) is 6.58 Å². The van der Waals surface area contributed by atoms with Crippen LogP contribution in [0.15, 0.2) is 12.2 Å². The van der Waals surface area contributed by atoms with E-state index in [0.717, 1.165) is 0 Å². The first kappa shape index (κ1) is 15.5. The molecule has 0 rings (SSSR count). The van der Waals surface area contributed by atoms with Crippen LogP contribution in [0.1, 0.15) is 6.92 Å². The van der Waals surface area contributed by atoms with Crippen LogP contribution in [0.4, 0.5) is 4.79 Å². The first-order valence-electron chi connectivity index (χ1n) is 4.80. The van der Waals surface area contributed by atoms with E-state index in [1.807, 2.05) is 0 Å². The summed E-state index contributed by atoms with van der Waals surface area (Å²) in [4.78, 5) is 22.0. The van der Waals surface area contributed by atoms with Gasteiger partial charge in [0.1, 0.15) is 6.61 Å². The van der Waals surface area contributed by atoms with Gasteiger partial charge < -0.3 is 10.1 Å². The average Bonchev–Trinajstić information content (AvgIpc) is 2.30. The Balaban J connectivity index is 3.55. The minimum absolute atomic E-state index is 0.0511. The standard InChI is InChI=1S/C9H15N2O5P/c1-7(2)8(12)16-5-4-10-9(13)11-6-17(14)15-3/h1,4-6H2,2-3H3,(H-,10,11,13)/p+1. The summed E-state index contributed by atoms with van der Waals surface area (Å²) < 4.78 is 20.0. The summed E-state index contributed by atoms with van der Waals surface area (Å²) in [5.74, 6) is -0.505. The predicted octanol–water partition coefficient (Wildman–Crippen LogP) is 0.751. The fourth-order valence-corrected chi connectivity index (χ4v) is 1.10. The van der Waals surface area contributed by atoms with Crippen LogP contribution in [0.2, 0.25) is 0 Å². The van der Waals surface area contributed by atoms with Crippen molar-refractivity contribution in [1.82, 2.24) is 10.6 Å². The van der Waals surface area contributed by atoms with Crippen LogP contribution in [-0.4, -0.2) is 38.5 Å². The molecule has 7 nitrogen and oxygen atoms in total. The Morgan fingerprint density at radius 3 is 2.53 bits per heavy atom. The van der Waals surface area contributed by atoms with Crippen molar-refractivity contribution in [1.29, 1.82) is 0 Å². The van der Waals surface area contributed by atoms with Gasteiger partial charge in [-0.2, -0.15) is 0 Å². The smallest absolute Gasteiger partial charge is 0.460 e. The zero-order valence-corrected chi connectivity index (χ0v) is 10.7. The largest absolute Gasteiger partial charge is 0.529 e. The fourth-order valence-electron chi connectivity index (χ4n) is 0.695. The molecule has 0 saturated heterocycles. The first-order chi connectivity index (χ1) is 7.97. The number of hydrogen-bond acceptors (Lipinski definition) is 5. The minimum atomic E-state index is -1.87. The number of hydrogen-bond donors (Lipinski definition) is 2. The van der Waals surface area contributed by atoms with E-state index in [9.17, 15) is 14.2 Å². The Morgan fingerprint density at radius 2 is 2.00 bits per heavy atom. The molecular formula is C9H16N2O5P+. The third-order valence-electron chi connectivity index (χ3n) is 1.54. The van der Waals surface area contributed by atoms with Crippen LogP contribution in [0.25, 0.3) is 0 Å². The van der Waals surface area contributed by atoms with Gasteiger partial charge in [0.05, 0.1) is 13.7 Å². The second kappa shape index (κ2) is 8.66. The van der Waals surface area contributed by atoms with Crippen LogP contribution in [0, 0.1) is 0 Å². The summed E-state index contributed by atoms with van der Waals surface area (Å²) in [6, 6.07) is -0.503. The second-order valence-corrected chi connectivity index (χ2v) is 4.37. The quantitative estimate of drug-likeness (QED) is 0.306. The van der Waals surface area contributed by atoms with Crippen molar-refractivity contribution in [3.05, 3.63) is 12.2 Å². The van der Waals surface area contributed by atoms with Gasteiger partial charge in [-0.25, -0.2) is 9.59 Å². The van der Waals surface area contributed by atoms with Gasteiger partial charge in [0.2, 0.25) is 0 Å². The molecule has 0 aromatic heterocycles. The second-order valence-electron chi connectivity index (χ2n) is 3.02. The van der Waals surface area contributed by atoms with Gasteiger partial charge in [-0.3, -0.25) is 5.32 Å². The molecule has 1 unspecified atom stereocenters. The van der Waals surface area contributed by atoms with Gasteiger partial charge in [0, 0.05) is 5.57 Å². The van der Waals surface area contributed by atoms with E-state index in [1.54, 1.807) is 0 Å². The molecular weight excluding hydrogens is 247 g/mol. The maximum Gasteiger partial charge on any atom is 0.529 e. The highest BCUT2D eigenvalue weighted by molar-refractivity contribution is 7.39. The van der Waals surface area contributed by atoms with E-state index in [1.165, 1.54) is 14.0 Å². The lowest BCUT2D eigenvalue weighted by molar-refractivity contribution is -0.138. The third-order valence-corrected chi connectivity index (χ3v) is 2.37. The predicted molar refractivity (Wildman–Crippen MR) is 61.8 cm³/mol. The van der Waals surface area contributed by atoms with E-state index in [0.29, 0.717) is 5.57 Å². The van der Waals surface area contributed by atoms with Gasteiger partial charge in [-0.15, -0.1) is 4.52 Å². The highest BCUT2D eigenvalue weighted by atomic mass is 31.1. The molecule has 17 heavy (non-hydrogen) atoms. The summed E-state index contributed by atoms with van der Waals surface area (Å²) in [5, 5.41) is 4.74. The Labute approximate surface area is 100 Å². The molecule has 0 fully saturated rings. The molecule has 0 spiro atoms. The van der Waals surface area contributed by atoms with E-state index < -0.39 is 20.0 Å². The number of carbonyl (C=O) groups excluding carboxylic acids is 2. The molecule has 0 heterocycles. The van der Waals surface area contributed by atoms with Crippen LogP contribution in [0.3, 0.4) is 0 Å². The van der Waals surface area contributed by atoms with E-state index in [4.69, 9.17) is 4.74 Å². The molecule has 96 valence electrons. The highest BCUT2D eigenvalue weighted by Gasteiger charge is 2.15. The van der Waals surface area contributed by atoms with Crippen LogP contribution in [0.5, 0.6) is 0 Å². The normalized spacial score (nSPS) is 10.4. The third kappa shape index (κ3) is 8.36. The summed E-state index contributed by atoms with van der Waals surface area (Å²) in [6.45, 7) is 5.15. The molecule has 8 heteroatoms. The maximum absolute atomic E-state index is 11.1. The summed E-state index contributed by atoms with van der Waals surface area (Å²) in [6.07, 6.45) is -0.0662. The lowest BCUT2D eigenvalue weighted by atomic mass is 10.4. The van der Waals surface area contributed by atoms with E-state index in [2.05, 4.69) is 21.7 Å². The Bertz CT molecular complexity index is 319. The maximum atomic E-state index is 11.1. The first-order valence-corrected chi connectivity index (χ1v) is 6.16. The lowest BCUT2D eigenvalue weighted by Crippen LogP contribution is -2.37. The Morgan fingerprint density at radius 1 is 1.35 bits per heavy atom. The zero-order valence-electron chi connectivity index (χ0n) is 9.82. The molecule has 0 aromatic rings. The number of urea groups is 1. The Kier molecular flexibility index (Phi) is 7.92. The summed E-state index contributed by atoms with van der Waals surface area (Å²) >= 11 is 0. The number of esters is 1. The zero-order chi connectivity index (χ0) is 13.3. The monoisotopic (exact) mass is 263 g/mol. The van der Waals surface area contributed by atoms with E-state index in [-0.39, 0.29) is 19.4 Å². The molecule has 0 radical (unpaired) electrons. The molecule has 0 aliphatic heterocycles. The van der Waals surface area contributed by atoms with Crippen LogP contribution < -0.4 is 10.6 Å². The fraction of sp³-hybridized carbons (Fsp3) is 0.556. The van der Waals surface area contributed by atoms with Gasteiger partial charge in [0.15, 0.2) is 0 Å². The molecule has 2 N–H and O–H groups in total. The number of amides is 2. The summed E-state index contributed by atoms with van der Waals surface area (Å²) in [7, 11) is -0.580. The molecule has 0 bridgehead atoms. The molecule has 0 aliphatic carbocycles. The molecule has 1 atom stereocenters. The SMILES string of the molecule is C=C(C)C(=O)OCCNC(=O)NC[P+](=O)OC. The topological polar surface area (TPSA) is 93.7 Å². The van der Waals surface area contributed by atoms with Crippen molar-refractivity contribution < 1.29 is 23.4 Å². The molecule has 0 aromatic carbocycles. The molecule has 0 aliphatic rings. The van der Waals surface area contributed by atoms with Crippen molar-refractivity contribution in [2.45, 2.75) is 6.92 Å². The van der Waals surface area contributed by atoms with Gasteiger partial charge in [0.25, 0.3) is 6.29 Å². The average molecular weight is 263 g/mol. The minimum Gasteiger partial charge on any atom is -0.460 e. The van der Waals surface area contributed by atoms with Gasteiger partial charge >= 0.3 is 20.0 Å². The lowest BCUT2D eigenvalue weighted by Gasteiger charge is -2.05. The number of nitrogens with one attached hydrogen (secondary N) is 2. The number of ether oxygens (including phenoxy) is 1. The number of rotatable bonds is 7. The van der Waals surface area contributed by atoms with Crippen LogP contribution in [-0.2, 0) is 18.6 Å². The van der Waals surface area contributed by atoms with Crippen molar-refractivity contribution in [3.8, 4) is 0 Å².